The van der Waals surface area contributed by atoms with Crippen molar-refractivity contribution in [2.75, 3.05) is 18.4 Å². The number of rotatable bonds is 4. The molecular formula is C17H19N5. The summed E-state index contributed by atoms with van der Waals surface area (Å²) in [6.45, 7) is 5.16. The Morgan fingerprint density at radius 2 is 2.00 bits per heavy atom. The number of hydrogen-bond acceptors (Lipinski definition) is 5. The zero-order chi connectivity index (χ0) is 15.4. The van der Waals surface area contributed by atoms with Crippen molar-refractivity contribution in [3.8, 4) is 6.07 Å². The van der Waals surface area contributed by atoms with Crippen LogP contribution in [-0.4, -0.2) is 34.0 Å². The summed E-state index contributed by atoms with van der Waals surface area (Å²) >= 11 is 0. The predicted molar refractivity (Wildman–Crippen MR) is 85.0 cm³/mol. The Hall–Kier alpha value is -2.45. The van der Waals surface area contributed by atoms with E-state index in [1.54, 1.807) is 12.4 Å². The second-order valence-electron chi connectivity index (χ2n) is 5.77. The number of nitrogens with zero attached hydrogens (tertiary/aromatic N) is 4. The number of benzene rings is 1. The maximum atomic E-state index is 9.10. The molecule has 1 aliphatic rings. The van der Waals surface area contributed by atoms with Gasteiger partial charge in [-0.15, -0.1) is 0 Å². The van der Waals surface area contributed by atoms with Crippen molar-refractivity contribution in [1.29, 1.82) is 5.26 Å². The van der Waals surface area contributed by atoms with E-state index in [-0.39, 0.29) is 6.04 Å². The molecule has 2 aromatic rings. The van der Waals surface area contributed by atoms with Gasteiger partial charge in [0.1, 0.15) is 6.07 Å². The van der Waals surface area contributed by atoms with Crippen LogP contribution in [0.3, 0.4) is 0 Å². The van der Waals surface area contributed by atoms with Gasteiger partial charge in [-0.3, -0.25) is 4.90 Å². The highest BCUT2D eigenvalue weighted by molar-refractivity contribution is 5.47. The number of aromatic nitrogens is 2. The molecule has 1 N–H and O–H groups in total. The van der Waals surface area contributed by atoms with Gasteiger partial charge in [-0.1, -0.05) is 37.3 Å². The highest BCUT2D eigenvalue weighted by Gasteiger charge is 2.30. The summed E-state index contributed by atoms with van der Waals surface area (Å²) in [7, 11) is 0. The third-order valence-corrected chi connectivity index (χ3v) is 4.06. The molecule has 0 bridgehead atoms. The van der Waals surface area contributed by atoms with Crippen LogP contribution in [0.1, 0.15) is 18.2 Å². The molecule has 0 saturated carbocycles. The minimum atomic E-state index is 0.285. The van der Waals surface area contributed by atoms with E-state index in [1.807, 2.05) is 6.07 Å². The van der Waals surface area contributed by atoms with Crippen LogP contribution in [0.4, 0.5) is 5.82 Å². The molecule has 22 heavy (non-hydrogen) atoms. The summed E-state index contributed by atoms with van der Waals surface area (Å²) in [6, 6.07) is 12.9. The first-order chi connectivity index (χ1) is 10.8. The molecule has 5 nitrogen and oxygen atoms in total. The Labute approximate surface area is 130 Å². The molecular weight excluding hydrogens is 274 g/mol. The van der Waals surface area contributed by atoms with Gasteiger partial charge in [0, 0.05) is 38.1 Å². The lowest BCUT2D eigenvalue weighted by Gasteiger charge is -2.18. The van der Waals surface area contributed by atoms with Crippen LogP contribution in [0, 0.1) is 17.2 Å². The first-order valence-electron chi connectivity index (χ1n) is 7.50. The number of anilines is 1. The van der Waals surface area contributed by atoms with Gasteiger partial charge in [0.25, 0.3) is 0 Å². The topological polar surface area (TPSA) is 64.8 Å². The van der Waals surface area contributed by atoms with E-state index in [0.717, 1.165) is 19.6 Å². The number of nitrogens with one attached hydrogen (secondary N) is 1. The quantitative estimate of drug-likeness (QED) is 0.937. The van der Waals surface area contributed by atoms with Gasteiger partial charge < -0.3 is 5.32 Å². The number of hydrogen-bond donors (Lipinski definition) is 1. The standard InChI is InChI=1S/C17H19N5/c1-13-10-22(11-14-5-3-2-4-6-14)12-16(13)21-17-15(9-18)19-7-8-20-17/h2-8,13,16H,10-12H2,1H3,(H,20,21)/t13-,16+/m0/s1. The Morgan fingerprint density at radius 1 is 1.23 bits per heavy atom. The molecule has 1 aliphatic heterocycles. The molecule has 0 unspecified atom stereocenters. The fourth-order valence-corrected chi connectivity index (χ4v) is 2.93. The van der Waals surface area contributed by atoms with Gasteiger partial charge in [-0.05, 0) is 11.5 Å². The smallest absolute Gasteiger partial charge is 0.182 e. The highest BCUT2D eigenvalue weighted by atomic mass is 15.2. The molecule has 2 atom stereocenters. The van der Waals surface area contributed by atoms with E-state index in [1.165, 1.54) is 5.56 Å². The average molecular weight is 293 g/mol. The second kappa shape index (κ2) is 6.54. The molecule has 2 heterocycles. The maximum Gasteiger partial charge on any atom is 0.182 e. The maximum absolute atomic E-state index is 9.10. The predicted octanol–water partition coefficient (Wildman–Crippen LogP) is 2.28. The van der Waals surface area contributed by atoms with Gasteiger partial charge in [0.2, 0.25) is 0 Å². The van der Waals surface area contributed by atoms with Crippen LogP contribution in [0.25, 0.3) is 0 Å². The van der Waals surface area contributed by atoms with Gasteiger partial charge >= 0.3 is 0 Å². The Balaban J connectivity index is 1.65. The SMILES string of the molecule is C[C@H]1CN(Cc2ccccc2)C[C@H]1Nc1nccnc1C#N. The van der Waals surface area contributed by atoms with Crippen LogP contribution in [0.5, 0.6) is 0 Å². The first kappa shape index (κ1) is 14.5. The van der Waals surface area contributed by atoms with Crippen molar-refractivity contribution >= 4 is 5.82 Å². The van der Waals surface area contributed by atoms with E-state index in [0.29, 0.717) is 17.4 Å². The van der Waals surface area contributed by atoms with E-state index < -0.39 is 0 Å². The van der Waals surface area contributed by atoms with Crippen LogP contribution < -0.4 is 5.32 Å². The Morgan fingerprint density at radius 3 is 2.77 bits per heavy atom. The largest absolute Gasteiger partial charge is 0.363 e. The number of likely N-dealkylation sites (tertiary alicyclic amines) is 1. The van der Waals surface area contributed by atoms with Gasteiger partial charge in [0.05, 0.1) is 0 Å². The van der Waals surface area contributed by atoms with Crippen molar-refractivity contribution < 1.29 is 0 Å². The van der Waals surface area contributed by atoms with Crippen molar-refractivity contribution in [2.24, 2.45) is 5.92 Å². The van der Waals surface area contributed by atoms with Crippen molar-refractivity contribution in [3.63, 3.8) is 0 Å². The summed E-state index contributed by atoms with van der Waals surface area (Å²) in [4.78, 5) is 10.7. The molecule has 0 spiro atoms. The molecule has 1 aromatic carbocycles. The van der Waals surface area contributed by atoms with Crippen LogP contribution in [0.2, 0.25) is 0 Å². The zero-order valence-corrected chi connectivity index (χ0v) is 12.6. The zero-order valence-electron chi connectivity index (χ0n) is 12.6. The van der Waals surface area contributed by atoms with Crippen LogP contribution in [-0.2, 0) is 6.54 Å². The molecule has 3 rings (SSSR count). The minimum absolute atomic E-state index is 0.285. The molecule has 1 fully saturated rings. The fraction of sp³-hybridized carbons (Fsp3) is 0.353. The van der Waals surface area contributed by atoms with Crippen molar-refractivity contribution in [1.82, 2.24) is 14.9 Å². The third kappa shape index (κ3) is 3.23. The summed E-state index contributed by atoms with van der Waals surface area (Å²) in [5.41, 5.74) is 1.68. The molecule has 0 aliphatic carbocycles. The molecule has 0 amide bonds. The molecule has 1 saturated heterocycles. The normalized spacial score (nSPS) is 21.5. The average Bonchev–Trinajstić information content (AvgIpc) is 2.88. The summed E-state index contributed by atoms with van der Waals surface area (Å²) < 4.78 is 0. The molecule has 112 valence electrons. The minimum Gasteiger partial charge on any atom is -0.363 e. The van der Waals surface area contributed by atoms with E-state index in [9.17, 15) is 0 Å². The lowest BCUT2D eigenvalue weighted by Crippen LogP contribution is -2.28. The molecule has 5 heteroatoms. The van der Waals surface area contributed by atoms with Crippen molar-refractivity contribution in [3.05, 3.63) is 54.0 Å². The van der Waals surface area contributed by atoms with Crippen molar-refractivity contribution in [2.45, 2.75) is 19.5 Å². The van der Waals surface area contributed by atoms with Crippen LogP contribution >= 0.6 is 0 Å². The first-order valence-corrected chi connectivity index (χ1v) is 7.50. The highest BCUT2D eigenvalue weighted by Crippen LogP contribution is 2.22. The monoisotopic (exact) mass is 293 g/mol. The summed E-state index contributed by atoms with van der Waals surface area (Å²) in [5, 5.41) is 12.5. The van der Waals surface area contributed by atoms with Gasteiger partial charge in [-0.25, -0.2) is 9.97 Å². The molecule has 0 radical (unpaired) electrons. The Bertz CT molecular complexity index is 664. The van der Waals surface area contributed by atoms with Crippen LogP contribution in [0.15, 0.2) is 42.7 Å². The number of nitriles is 1. The summed E-state index contributed by atoms with van der Waals surface area (Å²) in [5.74, 6) is 1.08. The second-order valence-corrected chi connectivity index (χ2v) is 5.77. The molecule has 1 aromatic heterocycles. The van der Waals surface area contributed by atoms with E-state index in [4.69, 9.17) is 5.26 Å². The fourth-order valence-electron chi connectivity index (χ4n) is 2.93. The lowest BCUT2D eigenvalue weighted by molar-refractivity contribution is 0.319. The van der Waals surface area contributed by atoms with E-state index >= 15 is 0 Å². The van der Waals surface area contributed by atoms with E-state index in [2.05, 4.69) is 57.4 Å². The third-order valence-electron chi connectivity index (χ3n) is 4.06. The lowest BCUT2D eigenvalue weighted by atomic mass is 10.1. The summed E-state index contributed by atoms with van der Waals surface area (Å²) in [6.07, 6.45) is 3.16. The van der Waals surface area contributed by atoms with Gasteiger partial charge in [-0.2, -0.15) is 5.26 Å². The van der Waals surface area contributed by atoms with Gasteiger partial charge in [0.15, 0.2) is 11.5 Å². The Kier molecular flexibility index (Phi) is 4.31.